The van der Waals surface area contributed by atoms with Crippen LogP contribution >= 0.6 is 0 Å². The van der Waals surface area contributed by atoms with E-state index in [1.807, 2.05) is 19.1 Å². The van der Waals surface area contributed by atoms with E-state index in [0.717, 1.165) is 54.0 Å². The van der Waals surface area contributed by atoms with Gasteiger partial charge in [0.1, 0.15) is 12.4 Å². The van der Waals surface area contributed by atoms with Crippen LogP contribution in [0.3, 0.4) is 0 Å². The van der Waals surface area contributed by atoms with Crippen molar-refractivity contribution in [1.29, 1.82) is 0 Å². The summed E-state index contributed by atoms with van der Waals surface area (Å²) in [4.78, 5) is 0. The Morgan fingerprint density at radius 1 is 1.03 bits per heavy atom. The molecule has 2 N–H and O–H groups in total. The molecule has 0 saturated heterocycles. The van der Waals surface area contributed by atoms with Crippen molar-refractivity contribution < 1.29 is 17.6 Å². The number of fused-ring (bicyclic) bond motifs is 1. The molecule has 1 fully saturated rings. The molecule has 0 unspecified atom stereocenters. The molecule has 186 valence electrons. The van der Waals surface area contributed by atoms with Crippen molar-refractivity contribution >= 4 is 22.3 Å². The average molecular weight is 486 g/mol. The highest BCUT2D eigenvalue weighted by Gasteiger charge is 2.30. The number of anilines is 2. The number of aromatic nitrogens is 1. The van der Waals surface area contributed by atoms with Gasteiger partial charge in [-0.2, -0.15) is 13.2 Å². The summed E-state index contributed by atoms with van der Waals surface area (Å²) >= 11 is 0. The molecule has 1 saturated carbocycles. The lowest BCUT2D eigenvalue weighted by molar-refractivity contribution is -0.140. The summed E-state index contributed by atoms with van der Waals surface area (Å²) in [6.07, 6.45) is 1.71. The summed E-state index contributed by atoms with van der Waals surface area (Å²) in [5.74, 6) is 5.29. The molecule has 1 aliphatic carbocycles. The van der Waals surface area contributed by atoms with Gasteiger partial charge < -0.3 is 15.2 Å². The van der Waals surface area contributed by atoms with Gasteiger partial charge in [0.15, 0.2) is 0 Å². The Balaban J connectivity index is 1.65. The number of aryl methyl sites for hydroxylation is 2. The Labute approximate surface area is 203 Å². The normalized spacial score (nSPS) is 14.6. The molecular weight excluding hydrogens is 454 g/mol. The Kier molecular flexibility index (Phi) is 7.59. The number of nitrogens with one attached hydrogen (secondary N) is 2. The van der Waals surface area contributed by atoms with Gasteiger partial charge in [-0.05, 0) is 61.9 Å². The molecule has 1 heterocycles. The van der Waals surface area contributed by atoms with Crippen LogP contribution in [0.25, 0.3) is 10.9 Å². The van der Waals surface area contributed by atoms with Crippen molar-refractivity contribution in [3.63, 3.8) is 0 Å². The molecular formula is C28H31F4N3. The summed E-state index contributed by atoms with van der Waals surface area (Å²) in [6.45, 7) is 3.16. The van der Waals surface area contributed by atoms with Crippen LogP contribution in [-0.4, -0.2) is 23.3 Å². The smallest absolute Gasteiger partial charge is 0.382 e. The van der Waals surface area contributed by atoms with Gasteiger partial charge in [-0.15, -0.1) is 0 Å². The minimum absolute atomic E-state index is 0.195. The molecule has 0 atom stereocenters. The van der Waals surface area contributed by atoms with Crippen LogP contribution in [0.4, 0.5) is 28.9 Å². The molecule has 7 heteroatoms. The minimum atomic E-state index is -4.46. The predicted molar refractivity (Wildman–Crippen MR) is 134 cm³/mol. The number of benzene rings is 2. The van der Waals surface area contributed by atoms with Crippen LogP contribution in [-0.2, 0) is 13.0 Å². The standard InChI is InChI=1S/C28H31F4N3/c1-3-20-14-19(2)11-12-25(20)33-13-7-10-23-17-24-26(34-22-8-5-4-6-9-22)15-21(29)16-27(24)35(23)18-28(30,31)32/h11-12,14-17,22,33-34H,3-6,8-9,13,18H2,1-2H3. The lowest BCUT2D eigenvalue weighted by atomic mass is 9.95. The van der Waals surface area contributed by atoms with Crippen molar-refractivity contribution in [2.24, 2.45) is 0 Å². The predicted octanol–water partition coefficient (Wildman–Crippen LogP) is 7.42. The Hall–Kier alpha value is -3.14. The zero-order chi connectivity index (χ0) is 25.0. The quantitative estimate of drug-likeness (QED) is 0.281. The van der Waals surface area contributed by atoms with E-state index in [-0.39, 0.29) is 23.8 Å². The molecule has 0 bridgehead atoms. The molecule has 0 amide bonds. The number of nitrogens with zero attached hydrogens (tertiary/aromatic N) is 1. The number of hydrogen-bond donors (Lipinski definition) is 2. The van der Waals surface area contributed by atoms with Crippen molar-refractivity contribution in [3.8, 4) is 11.8 Å². The fourth-order valence-corrected chi connectivity index (χ4v) is 4.82. The van der Waals surface area contributed by atoms with E-state index in [4.69, 9.17) is 0 Å². The third-order valence-electron chi connectivity index (χ3n) is 6.51. The number of alkyl halides is 3. The van der Waals surface area contributed by atoms with Crippen LogP contribution in [0.15, 0.2) is 36.4 Å². The number of hydrogen-bond acceptors (Lipinski definition) is 2. The van der Waals surface area contributed by atoms with E-state index in [9.17, 15) is 17.6 Å². The molecule has 2 aromatic carbocycles. The second-order valence-corrected chi connectivity index (χ2v) is 9.27. The number of halogens is 4. The van der Waals surface area contributed by atoms with Crippen LogP contribution in [0.2, 0.25) is 0 Å². The SMILES string of the molecule is CCc1cc(C)ccc1NCC#Cc1cc2c(NC3CCCCC3)cc(F)cc2n1CC(F)(F)F. The summed E-state index contributed by atoms with van der Waals surface area (Å²) < 4.78 is 55.9. The third-order valence-corrected chi connectivity index (χ3v) is 6.51. The molecule has 4 rings (SSSR count). The highest BCUT2D eigenvalue weighted by Crippen LogP contribution is 2.33. The minimum Gasteiger partial charge on any atom is -0.382 e. The molecule has 1 aliphatic rings. The van der Waals surface area contributed by atoms with Crippen LogP contribution in [0, 0.1) is 24.6 Å². The average Bonchev–Trinajstić information content (AvgIpc) is 3.14. The van der Waals surface area contributed by atoms with E-state index < -0.39 is 18.5 Å². The maximum absolute atomic E-state index is 14.5. The second-order valence-electron chi connectivity index (χ2n) is 9.27. The van der Waals surface area contributed by atoms with Gasteiger partial charge in [-0.3, -0.25) is 0 Å². The van der Waals surface area contributed by atoms with Crippen molar-refractivity contribution in [2.45, 2.75) is 71.1 Å². The van der Waals surface area contributed by atoms with Gasteiger partial charge >= 0.3 is 6.18 Å². The van der Waals surface area contributed by atoms with Gasteiger partial charge in [0, 0.05) is 22.8 Å². The zero-order valence-corrected chi connectivity index (χ0v) is 20.2. The molecule has 0 spiro atoms. The topological polar surface area (TPSA) is 29.0 Å². The Morgan fingerprint density at radius 2 is 1.80 bits per heavy atom. The maximum Gasteiger partial charge on any atom is 0.406 e. The highest BCUT2D eigenvalue weighted by molar-refractivity contribution is 5.94. The molecule has 3 aromatic rings. The lowest BCUT2D eigenvalue weighted by Gasteiger charge is -2.24. The molecule has 0 radical (unpaired) electrons. The van der Waals surface area contributed by atoms with Crippen molar-refractivity contribution in [2.75, 3.05) is 17.2 Å². The first kappa shape index (κ1) is 25.0. The second kappa shape index (κ2) is 10.6. The first-order chi connectivity index (χ1) is 16.7. The summed E-state index contributed by atoms with van der Waals surface area (Å²) in [6, 6.07) is 10.5. The summed E-state index contributed by atoms with van der Waals surface area (Å²) in [5.41, 5.74) is 4.23. The van der Waals surface area contributed by atoms with Crippen molar-refractivity contribution in [1.82, 2.24) is 4.57 Å². The van der Waals surface area contributed by atoms with Gasteiger partial charge in [-0.25, -0.2) is 4.39 Å². The third kappa shape index (κ3) is 6.30. The van der Waals surface area contributed by atoms with E-state index in [0.29, 0.717) is 11.1 Å². The van der Waals surface area contributed by atoms with Gasteiger partial charge in [0.05, 0.1) is 17.8 Å². The van der Waals surface area contributed by atoms with Gasteiger partial charge in [0.2, 0.25) is 0 Å². The largest absolute Gasteiger partial charge is 0.406 e. The van der Waals surface area contributed by atoms with Crippen LogP contribution in [0.1, 0.15) is 55.8 Å². The molecule has 3 nitrogen and oxygen atoms in total. The van der Waals surface area contributed by atoms with E-state index in [2.05, 4.69) is 35.5 Å². The Morgan fingerprint density at radius 3 is 2.51 bits per heavy atom. The van der Waals surface area contributed by atoms with Crippen LogP contribution < -0.4 is 10.6 Å². The zero-order valence-electron chi connectivity index (χ0n) is 20.2. The van der Waals surface area contributed by atoms with Crippen molar-refractivity contribution in [3.05, 3.63) is 59.0 Å². The number of rotatable bonds is 6. The van der Waals surface area contributed by atoms with Gasteiger partial charge in [0.25, 0.3) is 0 Å². The van der Waals surface area contributed by atoms with E-state index >= 15 is 0 Å². The monoisotopic (exact) mass is 485 g/mol. The Bertz CT molecular complexity index is 1240. The lowest BCUT2D eigenvalue weighted by Crippen LogP contribution is -2.22. The summed E-state index contributed by atoms with van der Waals surface area (Å²) in [5, 5.41) is 7.20. The molecule has 1 aromatic heterocycles. The fourth-order valence-electron chi connectivity index (χ4n) is 4.82. The van der Waals surface area contributed by atoms with E-state index in [1.54, 1.807) is 6.07 Å². The maximum atomic E-state index is 14.5. The molecule has 0 aliphatic heterocycles. The first-order valence-electron chi connectivity index (χ1n) is 12.2. The fraction of sp³-hybridized carbons (Fsp3) is 0.429. The van der Waals surface area contributed by atoms with E-state index in [1.165, 1.54) is 18.1 Å². The highest BCUT2D eigenvalue weighted by atomic mass is 19.4. The first-order valence-corrected chi connectivity index (χ1v) is 12.2. The van der Waals surface area contributed by atoms with Crippen LogP contribution in [0.5, 0.6) is 0 Å². The van der Waals surface area contributed by atoms with Gasteiger partial charge in [-0.1, -0.05) is 49.8 Å². The summed E-state index contributed by atoms with van der Waals surface area (Å²) in [7, 11) is 0. The molecule has 35 heavy (non-hydrogen) atoms.